The fourth-order valence-corrected chi connectivity index (χ4v) is 3.46. The van der Waals surface area contributed by atoms with Crippen molar-refractivity contribution in [1.82, 2.24) is 25.5 Å². The van der Waals surface area contributed by atoms with Gasteiger partial charge in [0, 0.05) is 42.9 Å². The number of hydrazone groups is 1. The third-order valence-electron chi connectivity index (χ3n) is 4.80. The van der Waals surface area contributed by atoms with Gasteiger partial charge in [0.25, 0.3) is 0 Å². The largest absolute Gasteiger partial charge is 0.376 e. The van der Waals surface area contributed by atoms with Gasteiger partial charge in [0.2, 0.25) is 0 Å². The molecule has 7 nitrogen and oxygen atoms in total. The van der Waals surface area contributed by atoms with Crippen LogP contribution >= 0.6 is 12.2 Å². The van der Waals surface area contributed by atoms with Gasteiger partial charge in [0.05, 0.1) is 18.9 Å². The number of ether oxygens (including phenoxy) is 1. The van der Waals surface area contributed by atoms with Crippen LogP contribution in [0.15, 0.2) is 66.2 Å². The van der Waals surface area contributed by atoms with E-state index in [9.17, 15) is 0 Å². The summed E-state index contributed by atoms with van der Waals surface area (Å²) in [5.41, 5.74) is 6.69. The number of aromatic nitrogens is 3. The van der Waals surface area contributed by atoms with E-state index in [-0.39, 0.29) is 6.10 Å². The zero-order valence-electron chi connectivity index (χ0n) is 16.6. The average molecular weight is 421 g/mol. The zero-order chi connectivity index (χ0) is 20.6. The van der Waals surface area contributed by atoms with Crippen LogP contribution in [0, 0.1) is 0 Å². The standard InChI is InChI=1S/C22H24N6OS/c30-22(24-14-20-9-5-11-29-20)26-25-13-19-16-28(15-17-6-2-1-3-7-17)27-21(19)18-8-4-10-23-12-18/h1-4,6-8,10,12-13,16,20H,5,9,11,14-15H2,(H2,24,26,30)/b25-13-/t20-/m1/s1. The van der Waals surface area contributed by atoms with E-state index in [1.165, 1.54) is 5.56 Å². The second kappa shape index (κ2) is 10.1. The normalized spacial score (nSPS) is 16.1. The first kappa shape index (κ1) is 20.2. The summed E-state index contributed by atoms with van der Waals surface area (Å²) in [6.45, 7) is 2.20. The number of nitrogens with zero attached hydrogens (tertiary/aromatic N) is 4. The van der Waals surface area contributed by atoms with Crippen LogP contribution in [-0.2, 0) is 11.3 Å². The molecule has 8 heteroatoms. The van der Waals surface area contributed by atoms with Crippen molar-refractivity contribution in [2.24, 2.45) is 5.10 Å². The van der Waals surface area contributed by atoms with Crippen LogP contribution in [0.4, 0.5) is 0 Å². The lowest BCUT2D eigenvalue weighted by Crippen LogP contribution is -2.37. The Kier molecular flexibility index (Phi) is 6.79. The number of hydrogen-bond acceptors (Lipinski definition) is 5. The van der Waals surface area contributed by atoms with E-state index in [1.54, 1.807) is 18.6 Å². The molecule has 0 bridgehead atoms. The maximum absolute atomic E-state index is 5.59. The van der Waals surface area contributed by atoms with Crippen molar-refractivity contribution >= 4 is 23.5 Å². The molecule has 0 unspecified atom stereocenters. The van der Waals surface area contributed by atoms with Crippen molar-refractivity contribution in [2.45, 2.75) is 25.5 Å². The van der Waals surface area contributed by atoms with E-state index in [0.29, 0.717) is 18.2 Å². The van der Waals surface area contributed by atoms with Gasteiger partial charge in [-0.1, -0.05) is 30.3 Å². The first-order valence-electron chi connectivity index (χ1n) is 9.98. The molecule has 1 atom stereocenters. The summed E-state index contributed by atoms with van der Waals surface area (Å²) in [5.74, 6) is 0. The SMILES string of the molecule is S=C(NC[C@H]1CCCO1)N/N=C\c1cn(Cc2ccccc2)nc1-c1cccnc1. The highest BCUT2D eigenvalue weighted by molar-refractivity contribution is 7.80. The Balaban J connectivity index is 1.45. The molecule has 3 heterocycles. The summed E-state index contributed by atoms with van der Waals surface area (Å²) in [6.07, 6.45) is 9.65. The summed E-state index contributed by atoms with van der Waals surface area (Å²) in [6, 6.07) is 14.1. The quantitative estimate of drug-likeness (QED) is 0.348. The Morgan fingerprint density at radius 1 is 1.27 bits per heavy atom. The molecule has 1 fully saturated rings. The fourth-order valence-electron chi connectivity index (χ4n) is 3.32. The third-order valence-corrected chi connectivity index (χ3v) is 5.03. The molecule has 30 heavy (non-hydrogen) atoms. The van der Waals surface area contributed by atoms with E-state index in [0.717, 1.165) is 36.3 Å². The molecule has 0 saturated carbocycles. The Bertz CT molecular complexity index is 983. The van der Waals surface area contributed by atoms with Crippen molar-refractivity contribution in [3.63, 3.8) is 0 Å². The van der Waals surface area contributed by atoms with Crippen LogP contribution in [0.1, 0.15) is 24.0 Å². The molecule has 2 aromatic heterocycles. The predicted molar refractivity (Wildman–Crippen MR) is 121 cm³/mol. The smallest absolute Gasteiger partial charge is 0.187 e. The highest BCUT2D eigenvalue weighted by Gasteiger charge is 2.15. The third kappa shape index (κ3) is 5.49. The maximum Gasteiger partial charge on any atom is 0.187 e. The topological polar surface area (TPSA) is 76.4 Å². The molecule has 0 spiro atoms. The predicted octanol–water partition coefficient (Wildman–Crippen LogP) is 2.97. The molecule has 1 saturated heterocycles. The van der Waals surface area contributed by atoms with Crippen molar-refractivity contribution in [3.05, 3.63) is 72.2 Å². The lowest BCUT2D eigenvalue weighted by Gasteiger charge is -2.11. The monoisotopic (exact) mass is 420 g/mol. The summed E-state index contributed by atoms with van der Waals surface area (Å²) in [5, 5.41) is 12.7. The van der Waals surface area contributed by atoms with Gasteiger partial charge >= 0.3 is 0 Å². The highest BCUT2D eigenvalue weighted by Crippen LogP contribution is 2.20. The zero-order valence-corrected chi connectivity index (χ0v) is 17.4. The first-order valence-corrected chi connectivity index (χ1v) is 10.4. The molecule has 0 radical (unpaired) electrons. The van der Waals surface area contributed by atoms with Crippen molar-refractivity contribution in [1.29, 1.82) is 0 Å². The number of nitrogens with one attached hydrogen (secondary N) is 2. The van der Waals surface area contributed by atoms with Gasteiger partial charge in [-0.2, -0.15) is 10.2 Å². The highest BCUT2D eigenvalue weighted by atomic mass is 32.1. The molecule has 3 aromatic rings. The molecule has 1 aliphatic rings. The minimum atomic E-state index is 0.224. The van der Waals surface area contributed by atoms with E-state index < -0.39 is 0 Å². The maximum atomic E-state index is 5.59. The van der Waals surface area contributed by atoms with Crippen molar-refractivity contribution in [3.8, 4) is 11.3 Å². The molecule has 0 aliphatic carbocycles. The number of pyridine rings is 1. The summed E-state index contributed by atoms with van der Waals surface area (Å²) in [7, 11) is 0. The van der Waals surface area contributed by atoms with Crippen LogP contribution < -0.4 is 10.7 Å². The van der Waals surface area contributed by atoms with Crippen LogP contribution in [0.5, 0.6) is 0 Å². The van der Waals surface area contributed by atoms with Crippen LogP contribution in [0.2, 0.25) is 0 Å². The van der Waals surface area contributed by atoms with Crippen molar-refractivity contribution < 1.29 is 4.74 Å². The lowest BCUT2D eigenvalue weighted by molar-refractivity contribution is 0.114. The molecule has 154 valence electrons. The number of thiocarbonyl (C=S) groups is 1. The summed E-state index contributed by atoms with van der Waals surface area (Å²) >= 11 is 5.30. The van der Waals surface area contributed by atoms with Crippen LogP contribution in [0.25, 0.3) is 11.3 Å². The molecular weight excluding hydrogens is 396 g/mol. The van der Waals surface area contributed by atoms with Gasteiger partial charge < -0.3 is 10.1 Å². The average Bonchev–Trinajstić information content (AvgIpc) is 3.44. The van der Waals surface area contributed by atoms with Gasteiger partial charge in [-0.3, -0.25) is 15.1 Å². The van der Waals surface area contributed by atoms with E-state index in [1.807, 2.05) is 41.2 Å². The van der Waals surface area contributed by atoms with E-state index >= 15 is 0 Å². The minimum absolute atomic E-state index is 0.224. The Labute approximate surface area is 181 Å². The Hall–Kier alpha value is -3.10. The van der Waals surface area contributed by atoms with E-state index in [4.69, 9.17) is 22.1 Å². The summed E-state index contributed by atoms with van der Waals surface area (Å²) in [4.78, 5) is 4.21. The number of hydrogen-bond donors (Lipinski definition) is 2. The number of benzene rings is 1. The Morgan fingerprint density at radius 3 is 2.93 bits per heavy atom. The Morgan fingerprint density at radius 2 is 2.17 bits per heavy atom. The first-order chi connectivity index (χ1) is 14.8. The number of rotatable bonds is 7. The molecule has 0 amide bonds. The van der Waals surface area contributed by atoms with Crippen LogP contribution in [0.3, 0.4) is 0 Å². The molecule has 1 aliphatic heterocycles. The van der Waals surface area contributed by atoms with E-state index in [2.05, 4.69) is 33.0 Å². The van der Waals surface area contributed by atoms with Crippen molar-refractivity contribution in [2.75, 3.05) is 13.2 Å². The summed E-state index contributed by atoms with van der Waals surface area (Å²) < 4.78 is 7.50. The van der Waals surface area contributed by atoms with Gasteiger partial charge in [-0.15, -0.1) is 0 Å². The van der Waals surface area contributed by atoms with Crippen LogP contribution in [-0.4, -0.2) is 45.3 Å². The second-order valence-corrected chi connectivity index (χ2v) is 7.48. The lowest BCUT2D eigenvalue weighted by atomic mass is 10.1. The van der Waals surface area contributed by atoms with Gasteiger partial charge in [-0.05, 0) is 42.8 Å². The van der Waals surface area contributed by atoms with Gasteiger partial charge in [-0.25, -0.2) is 0 Å². The molecule has 2 N–H and O–H groups in total. The molecule has 1 aromatic carbocycles. The molecular formula is C22H24N6OS. The second-order valence-electron chi connectivity index (χ2n) is 7.07. The molecule has 4 rings (SSSR count). The van der Waals surface area contributed by atoms with Gasteiger partial charge in [0.15, 0.2) is 5.11 Å². The minimum Gasteiger partial charge on any atom is -0.376 e. The fraction of sp³-hybridized carbons (Fsp3) is 0.273. The van der Waals surface area contributed by atoms with Gasteiger partial charge in [0.1, 0.15) is 5.69 Å².